The summed E-state index contributed by atoms with van der Waals surface area (Å²) in [5.41, 5.74) is 1.53. The van der Waals surface area contributed by atoms with E-state index in [2.05, 4.69) is 31.3 Å². The Labute approximate surface area is 114 Å². The molecule has 1 heterocycles. The number of nitrogens with one attached hydrogen (secondary N) is 3. The molecule has 0 spiro atoms. The summed E-state index contributed by atoms with van der Waals surface area (Å²) < 4.78 is 0. The summed E-state index contributed by atoms with van der Waals surface area (Å²) in [6.07, 6.45) is 1.47. The molecule has 1 aromatic heterocycles. The molecule has 2 rings (SSSR count). The number of allylic oxidation sites excluding steroid dienone is 1. The zero-order chi connectivity index (χ0) is 14.4. The predicted octanol–water partition coefficient (Wildman–Crippen LogP) is 0.536. The molecule has 0 atom stereocenters. The number of benzene rings is 1. The first-order valence-corrected chi connectivity index (χ1v) is 5.67. The Bertz CT molecular complexity index is 652. The molecular weight excluding hydrogens is 258 g/mol. The van der Waals surface area contributed by atoms with Crippen LogP contribution in [0.4, 0.5) is 5.69 Å². The Morgan fingerprint density at radius 1 is 1.40 bits per heavy atom. The molecule has 0 bridgehead atoms. The summed E-state index contributed by atoms with van der Waals surface area (Å²) in [6.45, 7) is 0. The number of tetrazole rings is 1. The average molecular weight is 269 g/mol. The third kappa shape index (κ3) is 2.97. The minimum absolute atomic E-state index is 0.156. The van der Waals surface area contributed by atoms with Gasteiger partial charge in [-0.3, -0.25) is 4.79 Å². The zero-order valence-corrected chi connectivity index (χ0v) is 10.6. The van der Waals surface area contributed by atoms with Gasteiger partial charge in [-0.05, 0) is 29.5 Å². The molecule has 8 nitrogen and oxygen atoms in total. The Morgan fingerprint density at radius 2 is 2.15 bits per heavy atom. The van der Waals surface area contributed by atoms with Gasteiger partial charge in [-0.25, -0.2) is 0 Å². The third-order valence-corrected chi connectivity index (χ3v) is 2.46. The van der Waals surface area contributed by atoms with Crippen LogP contribution in [0.3, 0.4) is 0 Å². The number of H-pyrrole nitrogens is 1. The number of carbonyl (C=O) groups excluding carboxylic acids is 1. The van der Waals surface area contributed by atoms with Gasteiger partial charge in [-0.15, -0.1) is 10.2 Å². The first kappa shape index (κ1) is 13.2. The first-order chi connectivity index (χ1) is 9.74. The molecule has 0 fully saturated rings. The van der Waals surface area contributed by atoms with E-state index in [-0.39, 0.29) is 17.3 Å². The fraction of sp³-hybridized carbons (Fsp3) is 0.0833. The van der Waals surface area contributed by atoms with Gasteiger partial charge in [0.2, 0.25) is 5.82 Å². The number of hydrogen-bond acceptors (Lipinski definition) is 6. The number of hydrogen-bond donors (Lipinski definition) is 3. The van der Waals surface area contributed by atoms with E-state index < -0.39 is 0 Å². The van der Waals surface area contributed by atoms with Crippen molar-refractivity contribution in [1.82, 2.24) is 25.9 Å². The molecule has 0 aliphatic heterocycles. The summed E-state index contributed by atoms with van der Waals surface area (Å²) >= 11 is 0. The molecule has 0 saturated carbocycles. The number of nitrogens with zero attached hydrogens (tertiary/aromatic N) is 4. The molecule has 8 heteroatoms. The molecule has 0 saturated heterocycles. The number of carbonyl (C=O) groups is 1. The lowest BCUT2D eigenvalue weighted by molar-refractivity contribution is 0.0963. The summed E-state index contributed by atoms with van der Waals surface area (Å²) in [4.78, 5) is 11.4. The molecule has 0 aliphatic rings. The average Bonchev–Trinajstić information content (AvgIpc) is 3.02. The van der Waals surface area contributed by atoms with Gasteiger partial charge < -0.3 is 10.6 Å². The van der Waals surface area contributed by atoms with Crippen molar-refractivity contribution < 1.29 is 4.79 Å². The molecule has 1 amide bonds. The summed E-state index contributed by atoms with van der Waals surface area (Å²) in [6, 6.07) is 8.77. The second kappa shape index (κ2) is 6.10. The van der Waals surface area contributed by atoms with Crippen LogP contribution in [-0.4, -0.2) is 33.6 Å². The van der Waals surface area contributed by atoms with Gasteiger partial charge in [0, 0.05) is 24.5 Å². The second-order valence-corrected chi connectivity index (χ2v) is 3.71. The van der Waals surface area contributed by atoms with E-state index in [0.29, 0.717) is 5.56 Å². The van der Waals surface area contributed by atoms with Crippen LogP contribution >= 0.6 is 0 Å². The van der Waals surface area contributed by atoms with E-state index in [1.165, 1.54) is 6.20 Å². The number of nitriles is 1. The van der Waals surface area contributed by atoms with Crippen LogP contribution in [0.25, 0.3) is 5.57 Å². The Morgan fingerprint density at radius 3 is 2.70 bits per heavy atom. The number of aromatic amines is 1. The number of amides is 1. The van der Waals surface area contributed by atoms with Crippen LogP contribution in [0, 0.1) is 11.3 Å². The van der Waals surface area contributed by atoms with Gasteiger partial charge in [0.25, 0.3) is 5.91 Å². The highest BCUT2D eigenvalue weighted by Crippen LogP contribution is 2.12. The van der Waals surface area contributed by atoms with Crippen LogP contribution in [0.5, 0.6) is 0 Å². The topological polar surface area (TPSA) is 119 Å². The standard InChI is InChI=1S/C12H11N7O/c1-14-12(20)8-2-4-10(5-3-8)15-7-9(6-13)11-16-18-19-17-11/h2-5,7,15H,1H3,(H,14,20)(H,16,17,18,19). The molecule has 0 unspecified atom stereocenters. The van der Waals surface area contributed by atoms with Crippen LogP contribution in [0.1, 0.15) is 16.2 Å². The van der Waals surface area contributed by atoms with E-state index in [9.17, 15) is 4.79 Å². The summed E-state index contributed by atoms with van der Waals surface area (Å²) in [5.74, 6) is 0.0542. The van der Waals surface area contributed by atoms with Crippen LogP contribution in [-0.2, 0) is 0 Å². The van der Waals surface area contributed by atoms with E-state index in [1.54, 1.807) is 31.3 Å². The maximum atomic E-state index is 11.4. The normalized spacial score (nSPS) is 10.7. The monoisotopic (exact) mass is 269 g/mol. The summed E-state index contributed by atoms with van der Waals surface area (Å²) in [7, 11) is 1.57. The quantitative estimate of drug-likeness (QED) is 0.697. The van der Waals surface area contributed by atoms with Crippen molar-refractivity contribution in [3.8, 4) is 6.07 Å². The zero-order valence-electron chi connectivity index (χ0n) is 10.6. The first-order valence-electron chi connectivity index (χ1n) is 5.67. The fourth-order valence-corrected chi connectivity index (χ4v) is 1.44. The number of aromatic nitrogens is 4. The maximum Gasteiger partial charge on any atom is 0.251 e. The lowest BCUT2D eigenvalue weighted by Crippen LogP contribution is -2.17. The minimum Gasteiger partial charge on any atom is -0.360 e. The van der Waals surface area contributed by atoms with E-state index >= 15 is 0 Å². The number of anilines is 1. The largest absolute Gasteiger partial charge is 0.360 e. The lowest BCUT2D eigenvalue weighted by Gasteiger charge is -2.03. The fourth-order valence-electron chi connectivity index (χ4n) is 1.44. The highest BCUT2D eigenvalue weighted by atomic mass is 16.1. The van der Waals surface area contributed by atoms with Crippen LogP contribution in [0.15, 0.2) is 30.5 Å². The van der Waals surface area contributed by atoms with Gasteiger partial charge in [-0.1, -0.05) is 0 Å². The molecule has 20 heavy (non-hydrogen) atoms. The highest BCUT2D eigenvalue weighted by molar-refractivity contribution is 5.94. The lowest BCUT2D eigenvalue weighted by atomic mass is 10.2. The number of rotatable bonds is 4. The molecule has 100 valence electrons. The van der Waals surface area contributed by atoms with Crippen molar-refractivity contribution in [3.05, 3.63) is 41.9 Å². The van der Waals surface area contributed by atoms with Gasteiger partial charge >= 0.3 is 0 Å². The van der Waals surface area contributed by atoms with Crippen molar-refractivity contribution in [2.24, 2.45) is 0 Å². The van der Waals surface area contributed by atoms with Gasteiger partial charge in [0.05, 0.1) is 0 Å². The second-order valence-electron chi connectivity index (χ2n) is 3.71. The SMILES string of the molecule is CNC(=O)c1ccc(NC=C(C#N)c2nn[nH]n2)cc1. The van der Waals surface area contributed by atoms with Crippen molar-refractivity contribution in [1.29, 1.82) is 5.26 Å². The molecule has 0 aliphatic carbocycles. The highest BCUT2D eigenvalue weighted by Gasteiger charge is 2.05. The van der Waals surface area contributed by atoms with E-state index in [0.717, 1.165) is 5.69 Å². The van der Waals surface area contributed by atoms with Crippen molar-refractivity contribution in [3.63, 3.8) is 0 Å². The van der Waals surface area contributed by atoms with Crippen LogP contribution < -0.4 is 10.6 Å². The molecule has 1 aromatic carbocycles. The van der Waals surface area contributed by atoms with E-state index in [1.807, 2.05) is 6.07 Å². The Balaban J connectivity index is 2.11. The molecule has 3 N–H and O–H groups in total. The third-order valence-electron chi connectivity index (χ3n) is 2.46. The van der Waals surface area contributed by atoms with Crippen molar-refractivity contribution >= 4 is 17.2 Å². The van der Waals surface area contributed by atoms with Gasteiger partial charge in [0.15, 0.2) is 0 Å². The molecule has 0 radical (unpaired) electrons. The van der Waals surface area contributed by atoms with E-state index in [4.69, 9.17) is 5.26 Å². The van der Waals surface area contributed by atoms with Crippen molar-refractivity contribution in [2.45, 2.75) is 0 Å². The Kier molecular flexibility index (Phi) is 4.04. The van der Waals surface area contributed by atoms with Gasteiger partial charge in [0.1, 0.15) is 11.6 Å². The van der Waals surface area contributed by atoms with Gasteiger partial charge in [-0.2, -0.15) is 10.5 Å². The Hall–Kier alpha value is -3.21. The summed E-state index contributed by atoms with van der Waals surface area (Å²) in [5, 5.41) is 27.6. The predicted molar refractivity (Wildman–Crippen MR) is 71.2 cm³/mol. The minimum atomic E-state index is -0.156. The smallest absolute Gasteiger partial charge is 0.251 e. The molecular formula is C12H11N7O. The molecule has 2 aromatic rings. The van der Waals surface area contributed by atoms with Crippen molar-refractivity contribution in [2.75, 3.05) is 12.4 Å². The maximum absolute atomic E-state index is 11.4. The van der Waals surface area contributed by atoms with Crippen LogP contribution in [0.2, 0.25) is 0 Å².